The summed E-state index contributed by atoms with van der Waals surface area (Å²) in [6, 6.07) is 12.6. The molecule has 3 rings (SSSR count). The lowest BCUT2D eigenvalue weighted by atomic mass is 10.2. The molecule has 2 heterocycles. The van der Waals surface area contributed by atoms with Gasteiger partial charge in [0.2, 0.25) is 10.0 Å². The maximum absolute atomic E-state index is 12.5. The van der Waals surface area contributed by atoms with Crippen molar-refractivity contribution < 1.29 is 8.42 Å². The molecule has 0 fully saturated rings. The lowest BCUT2D eigenvalue weighted by Gasteiger charge is -2.19. The van der Waals surface area contributed by atoms with Crippen LogP contribution in [0.5, 0.6) is 0 Å². The van der Waals surface area contributed by atoms with Gasteiger partial charge in [-0.2, -0.15) is 5.10 Å². The number of aryl methyl sites for hydroxylation is 2. The number of nitrogens with zero attached hydrogens (tertiary/aromatic N) is 2. The van der Waals surface area contributed by atoms with Gasteiger partial charge in [-0.3, -0.25) is 4.68 Å². The maximum atomic E-state index is 12.5. The smallest absolute Gasteiger partial charge is 0.215 e. The van der Waals surface area contributed by atoms with Gasteiger partial charge < -0.3 is 0 Å². The van der Waals surface area contributed by atoms with Gasteiger partial charge in [-0.05, 0) is 49.1 Å². The van der Waals surface area contributed by atoms with E-state index in [1.165, 1.54) is 0 Å². The summed E-state index contributed by atoms with van der Waals surface area (Å²) in [7, 11) is -3.48. The first-order valence-corrected chi connectivity index (χ1v) is 11.0. The molecule has 8 heteroatoms. The Morgan fingerprint density at radius 2 is 1.96 bits per heavy atom. The molecular weight excluding hydrogens is 390 g/mol. The van der Waals surface area contributed by atoms with Crippen molar-refractivity contribution in [2.75, 3.05) is 6.54 Å². The summed E-state index contributed by atoms with van der Waals surface area (Å²) in [4.78, 5) is 1.06. The van der Waals surface area contributed by atoms with Crippen LogP contribution in [0, 0.1) is 13.8 Å². The maximum Gasteiger partial charge on any atom is 0.215 e. The highest BCUT2D eigenvalue weighted by Gasteiger charge is 2.21. The predicted molar refractivity (Wildman–Crippen MR) is 106 cm³/mol. The van der Waals surface area contributed by atoms with Crippen molar-refractivity contribution in [3.05, 3.63) is 74.7 Å². The van der Waals surface area contributed by atoms with Crippen molar-refractivity contribution in [2.24, 2.45) is 0 Å². The second kappa shape index (κ2) is 7.92. The summed E-state index contributed by atoms with van der Waals surface area (Å²) < 4.78 is 29.6. The first-order chi connectivity index (χ1) is 12.3. The highest BCUT2D eigenvalue weighted by Crippen LogP contribution is 2.24. The molecule has 0 amide bonds. The predicted octanol–water partition coefficient (Wildman–Crippen LogP) is 3.92. The molecule has 26 heavy (non-hydrogen) atoms. The highest BCUT2D eigenvalue weighted by molar-refractivity contribution is 7.88. The van der Waals surface area contributed by atoms with Crippen molar-refractivity contribution >= 4 is 33.0 Å². The van der Waals surface area contributed by atoms with E-state index in [0.29, 0.717) is 10.6 Å². The minimum absolute atomic E-state index is 0.0849. The zero-order chi connectivity index (χ0) is 18.7. The van der Waals surface area contributed by atoms with Crippen molar-refractivity contribution in [1.29, 1.82) is 0 Å². The molecule has 0 bridgehead atoms. The topological polar surface area (TPSA) is 64.0 Å². The number of hydrogen-bond acceptors (Lipinski definition) is 4. The normalized spacial score (nSPS) is 13.0. The summed E-state index contributed by atoms with van der Waals surface area (Å²) in [6.07, 6.45) is 0. The molecular formula is C18H20ClN3O2S2. The number of aromatic nitrogens is 2. The number of rotatable bonds is 7. The molecule has 0 spiro atoms. The number of halogens is 1. The zero-order valence-corrected chi connectivity index (χ0v) is 16.9. The molecule has 2 aromatic heterocycles. The Morgan fingerprint density at radius 3 is 2.54 bits per heavy atom. The molecule has 0 aliphatic rings. The molecule has 1 N–H and O–H groups in total. The van der Waals surface area contributed by atoms with Gasteiger partial charge in [0.15, 0.2) is 0 Å². The minimum atomic E-state index is -3.48. The van der Waals surface area contributed by atoms with E-state index in [2.05, 4.69) is 9.82 Å². The van der Waals surface area contributed by atoms with Gasteiger partial charge in [0.25, 0.3) is 0 Å². The van der Waals surface area contributed by atoms with Crippen LogP contribution in [0.3, 0.4) is 0 Å². The van der Waals surface area contributed by atoms with E-state index in [4.69, 9.17) is 11.6 Å². The third kappa shape index (κ3) is 4.73. The van der Waals surface area contributed by atoms with E-state index in [9.17, 15) is 8.42 Å². The average Bonchev–Trinajstić information content (AvgIpc) is 3.20. The van der Waals surface area contributed by atoms with Crippen LogP contribution in [0.2, 0.25) is 5.02 Å². The van der Waals surface area contributed by atoms with E-state index in [1.807, 2.05) is 42.1 Å². The minimum Gasteiger partial charge on any atom is -0.260 e. The summed E-state index contributed by atoms with van der Waals surface area (Å²) in [5.74, 6) is -0.0849. The standard InChI is InChI=1S/C18H20ClN3O2S2/c1-13-10-14(2)22(21-13)17(18-4-3-9-25-18)11-20-26(23,24)12-15-5-7-16(19)8-6-15/h3-10,17,20H,11-12H2,1-2H3. The molecule has 1 atom stereocenters. The van der Waals surface area contributed by atoms with Crippen LogP contribution in [0.25, 0.3) is 0 Å². The van der Waals surface area contributed by atoms with E-state index in [1.54, 1.807) is 35.6 Å². The third-order valence-corrected chi connectivity index (χ3v) is 6.52. The van der Waals surface area contributed by atoms with Crippen LogP contribution >= 0.6 is 22.9 Å². The van der Waals surface area contributed by atoms with Crippen LogP contribution in [-0.4, -0.2) is 24.7 Å². The molecule has 0 radical (unpaired) electrons. The lowest BCUT2D eigenvalue weighted by Crippen LogP contribution is -2.32. The fourth-order valence-corrected chi connectivity index (χ4v) is 4.89. The zero-order valence-electron chi connectivity index (χ0n) is 14.5. The second-order valence-corrected chi connectivity index (χ2v) is 9.36. The van der Waals surface area contributed by atoms with Gasteiger partial charge in [0.05, 0.1) is 17.5 Å². The van der Waals surface area contributed by atoms with E-state index < -0.39 is 10.0 Å². The number of thiophene rings is 1. The number of benzene rings is 1. The van der Waals surface area contributed by atoms with E-state index in [0.717, 1.165) is 16.3 Å². The summed E-state index contributed by atoms with van der Waals surface area (Å²) in [5.41, 5.74) is 2.60. The SMILES string of the molecule is Cc1cc(C)n(C(CNS(=O)(=O)Cc2ccc(Cl)cc2)c2cccs2)n1. The lowest BCUT2D eigenvalue weighted by molar-refractivity contribution is 0.499. The number of nitrogens with one attached hydrogen (secondary N) is 1. The molecule has 5 nitrogen and oxygen atoms in total. The summed E-state index contributed by atoms with van der Waals surface area (Å²) >= 11 is 7.44. The Bertz CT molecular complexity index is 965. The third-order valence-electron chi connectivity index (χ3n) is 3.98. The molecule has 0 saturated carbocycles. The van der Waals surface area contributed by atoms with Crippen LogP contribution in [0.4, 0.5) is 0 Å². The van der Waals surface area contributed by atoms with Gasteiger partial charge in [-0.1, -0.05) is 29.8 Å². The molecule has 1 aromatic carbocycles. The monoisotopic (exact) mass is 409 g/mol. The first-order valence-electron chi connectivity index (χ1n) is 8.12. The van der Waals surface area contributed by atoms with Crippen molar-refractivity contribution in [2.45, 2.75) is 25.6 Å². The number of sulfonamides is 1. The fourth-order valence-electron chi connectivity index (χ4n) is 2.81. The van der Waals surface area contributed by atoms with Gasteiger partial charge in [0.1, 0.15) is 0 Å². The Hall–Kier alpha value is -1.67. The molecule has 0 aliphatic heterocycles. The Labute approximate surface area is 162 Å². The molecule has 0 aliphatic carbocycles. The second-order valence-electron chi connectivity index (χ2n) is 6.14. The molecule has 138 valence electrons. The van der Waals surface area contributed by atoms with Gasteiger partial charge in [0, 0.05) is 22.1 Å². The van der Waals surface area contributed by atoms with Gasteiger partial charge >= 0.3 is 0 Å². The Balaban J connectivity index is 1.77. The summed E-state index contributed by atoms with van der Waals surface area (Å²) in [5, 5.41) is 7.10. The Kier molecular flexibility index (Phi) is 5.82. The van der Waals surface area contributed by atoms with E-state index in [-0.39, 0.29) is 18.3 Å². The van der Waals surface area contributed by atoms with Crippen LogP contribution in [-0.2, 0) is 15.8 Å². The van der Waals surface area contributed by atoms with Gasteiger partial charge in [-0.25, -0.2) is 13.1 Å². The van der Waals surface area contributed by atoms with Crippen LogP contribution in [0.1, 0.15) is 27.9 Å². The molecule has 3 aromatic rings. The first kappa shape index (κ1) is 19.1. The van der Waals surface area contributed by atoms with Crippen molar-refractivity contribution in [3.8, 4) is 0 Å². The summed E-state index contributed by atoms with van der Waals surface area (Å²) in [6.45, 7) is 4.15. The van der Waals surface area contributed by atoms with Crippen molar-refractivity contribution in [1.82, 2.24) is 14.5 Å². The number of hydrogen-bond donors (Lipinski definition) is 1. The van der Waals surface area contributed by atoms with E-state index >= 15 is 0 Å². The van der Waals surface area contributed by atoms with Crippen LogP contribution in [0.15, 0.2) is 47.8 Å². The average molecular weight is 410 g/mol. The van der Waals surface area contributed by atoms with Gasteiger partial charge in [-0.15, -0.1) is 11.3 Å². The molecule has 0 saturated heterocycles. The quantitative estimate of drug-likeness (QED) is 0.643. The highest BCUT2D eigenvalue weighted by atomic mass is 35.5. The molecule has 1 unspecified atom stereocenters. The largest absolute Gasteiger partial charge is 0.260 e. The fraction of sp³-hybridized carbons (Fsp3) is 0.278. The van der Waals surface area contributed by atoms with Crippen molar-refractivity contribution in [3.63, 3.8) is 0 Å². The van der Waals surface area contributed by atoms with Crippen LogP contribution < -0.4 is 4.72 Å². The Morgan fingerprint density at radius 1 is 1.23 bits per heavy atom.